The molecule has 19 heavy (non-hydrogen) atoms. The van der Waals surface area contributed by atoms with E-state index in [1.165, 1.54) is 0 Å². The second kappa shape index (κ2) is 6.34. The van der Waals surface area contributed by atoms with E-state index in [1.54, 1.807) is 13.2 Å². The molecule has 0 fully saturated rings. The molecular formula is C12H10BrClIN3O. The second-order valence-electron chi connectivity index (χ2n) is 3.76. The number of benzene rings is 1. The normalized spacial score (nSPS) is 10.7. The number of hydrogen-bond acceptors (Lipinski definition) is 4. The van der Waals surface area contributed by atoms with Crippen LogP contribution < -0.4 is 5.73 Å². The highest BCUT2D eigenvalue weighted by molar-refractivity contribution is 14.1. The fourth-order valence-corrected chi connectivity index (χ4v) is 2.33. The van der Waals surface area contributed by atoms with Crippen LogP contribution in [0, 0.1) is 3.57 Å². The number of nitrogens with two attached hydrogens (primary N) is 1. The van der Waals surface area contributed by atoms with Gasteiger partial charge in [0.1, 0.15) is 5.82 Å². The van der Waals surface area contributed by atoms with Gasteiger partial charge in [0.2, 0.25) is 0 Å². The molecule has 0 saturated carbocycles. The molecule has 2 rings (SSSR count). The molecule has 0 aliphatic rings. The van der Waals surface area contributed by atoms with Gasteiger partial charge in [-0.15, -0.1) is 0 Å². The minimum atomic E-state index is 0.391. The Morgan fingerprint density at radius 3 is 2.79 bits per heavy atom. The summed E-state index contributed by atoms with van der Waals surface area (Å²) >= 11 is 11.5. The first kappa shape index (κ1) is 15.0. The van der Waals surface area contributed by atoms with E-state index < -0.39 is 0 Å². The average molecular weight is 454 g/mol. The molecule has 7 heteroatoms. The van der Waals surface area contributed by atoms with Crippen molar-refractivity contribution in [2.24, 2.45) is 0 Å². The van der Waals surface area contributed by atoms with Gasteiger partial charge in [-0.25, -0.2) is 9.97 Å². The van der Waals surface area contributed by atoms with Crippen molar-refractivity contribution in [1.29, 1.82) is 0 Å². The van der Waals surface area contributed by atoms with Crippen molar-refractivity contribution in [3.05, 3.63) is 37.0 Å². The van der Waals surface area contributed by atoms with Crippen LogP contribution in [0.2, 0.25) is 5.02 Å². The predicted molar refractivity (Wildman–Crippen MR) is 88.0 cm³/mol. The lowest BCUT2D eigenvalue weighted by Gasteiger charge is -2.09. The molecule has 0 amide bonds. The Hall–Kier alpha value is -0.440. The summed E-state index contributed by atoms with van der Waals surface area (Å²) in [5.41, 5.74) is 7.48. The molecule has 0 atom stereocenters. The van der Waals surface area contributed by atoms with Crippen molar-refractivity contribution < 1.29 is 4.74 Å². The summed E-state index contributed by atoms with van der Waals surface area (Å²) in [6.07, 6.45) is 0. The van der Waals surface area contributed by atoms with Crippen molar-refractivity contribution in [1.82, 2.24) is 9.97 Å². The summed E-state index contributed by atoms with van der Waals surface area (Å²) in [4.78, 5) is 8.75. The van der Waals surface area contributed by atoms with E-state index in [0.29, 0.717) is 23.3 Å². The summed E-state index contributed by atoms with van der Waals surface area (Å²) in [6, 6.07) is 5.53. The third-order valence-corrected chi connectivity index (χ3v) is 4.81. The van der Waals surface area contributed by atoms with Gasteiger partial charge < -0.3 is 10.5 Å². The van der Waals surface area contributed by atoms with Gasteiger partial charge in [0.25, 0.3) is 0 Å². The van der Waals surface area contributed by atoms with Crippen LogP contribution >= 0.6 is 50.1 Å². The van der Waals surface area contributed by atoms with E-state index in [4.69, 9.17) is 22.1 Å². The molecule has 2 N–H and O–H groups in total. The van der Waals surface area contributed by atoms with E-state index >= 15 is 0 Å². The van der Waals surface area contributed by atoms with E-state index in [-0.39, 0.29) is 0 Å². The number of ether oxygens (including phenoxy) is 1. The zero-order chi connectivity index (χ0) is 14.0. The number of aromatic nitrogens is 2. The highest BCUT2D eigenvalue weighted by Gasteiger charge is 2.12. The minimum absolute atomic E-state index is 0.391. The van der Waals surface area contributed by atoms with E-state index in [9.17, 15) is 0 Å². The minimum Gasteiger partial charge on any atom is -0.383 e. The van der Waals surface area contributed by atoms with Crippen molar-refractivity contribution >= 4 is 55.9 Å². The molecule has 0 unspecified atom stereocenters. The Morgan fingerprint density at radius 2 is 2.16 bits per heavy atom. The fourth-order valence-electron chi connectivity index (χ4n) is 1.51. The van der Waals surface area contributed by atoms with Gasteiger partial charge in [-0.1, -0.05) is 11.6 Å². The molecule has 0 radical (unpaired) electrons. The Balaban J connectivity index is 2.52. The van der Waals surface area contributed by atoms with Gasteiger partial charge in [0.15, 0.2) is 5.82 Å². The van der Waals surface area contributed by atoms with Crippen LogP contribution in [0.25, 0.3) is 11.4 Å². The van der Waals surface area contributed by atoms with Gasteiger partial charge in [0.05, 0.1) is 20.9 Å². The zero-order valence-electron chi connectivity index (χ0n) is 9.95. The smallest absolute Gasteiger partial charge is 0.161 e. The molecule has 4 nitrogen and oxygen atoms in total. The van der Waals surface area contributed by atoms with Crippen molar-refractivity contribution in [2.75, 3.05) is 12.8 Å². The molecule has 0 saturated heterocycles. The van der Waals surface area contributed by atoms with Gasteiger partial charge in [-0.2, -0.15) is 0 Å². The Kier molecular flexibility index (Phi) is 4.99. The van der Waals surface area contributed by atoms with Gasteiger partial charge in [-0.3, -0.25) is 0 Å². The number of rotatable bonds is 3. The van der Waals surface area contributed by atoms with Gasteiger partial charge in [0, 0.05) is 17.1 Å². The van der Waals surface area contributed by atoms with Crippen LogP contribution in [-0.2, 0) is 11.3 Å². The largest absolute Gasteiger partial charge is 0.383 e. The molecule has 0 aliphatic carbocycles. The first-order chi connectivity index (χ1) is 9.02. The first-order valence-corrected chi connectivity index (χ1v) is 7.54. The summed E-state index contributed by atoms with van der Waals surface area (Å²) in [5.74, 6) is 0.982. The predicted octanol–water partition coefficient (Wildman–Crippen LogP) is 3.89. The quantitative estimate of drug-likeness (QED) is 0.715. The van der Waals surface area contributed by atoms with Crippen LogP contribution in [0.5, 0.6) is 0 Å². The average Bonchev–Trinajstić information content (AvgIpc) is 2.38. The van der Waals surface area contributed by atoms with E-state index in [0.717, 1.165) is 19.3 Å². The van der Waals surface area contributed by atoms with Crippen LogP contribution in [0.4, 0.5) is 5.82 Å². The monoisotopic (exact) mass is 453 g/mol. The standard InChI is InChI=1S/C12H10BrClIN3O/c1-19-5-9-10(15)11(16)18-12(17-9)6-2-3-7(13)8(14)4-6/h2-4H,5H2,1H3,(H2,16,17,18). The maximum absolute atomic E-state index is 6.08. The number of halogens is 3. The number of methoxy groups -OCH3 is 1. The van der Waals surface area contributed by atoms with E-state index in [2.05, 4.69) is 48.5 Å². The summed E-state index contributed by atoms with van der Waals surface area (Å²) in [6.45, 7) is 0.391. The third kappa shape index (κ3) is 3.36. The molecule has 1 heterocycles. The van der Waals surface area contributed by atoms with Crippen LogP contribution in [-0.4, -0.2) is 17.1 Å². The maximum Gasteiger partial charge on any atom is 0.161 e. The Labute approximate surface area is 138 Å². The molecule has 2 aromatic rings. The third-order valence-electron chi connectivity index (χ3n) is 2.40. The molecule has 0 aliphatic heterocycles. The molecule has 1 aromatic heterocycles. The molecule has 0 bridgehead atoms. The zero-order valence-corrected chi connectivity index (χ0v) is 14.5. The first-order valence-electron chi connectivity index (χ1n) is 5.29. The number of hydrogen-bond donors (Lipinski definition) is 1. The Bertz CT molecular complexity index is 624. The van der Waals surface area contributed by atoms with Crippen molar-refractivity contribution in [3.63, 3.8) is 0 Å². The second-order valence-corrected chi connectivity index (χ2v) is 6.10. The Morgan fingerprint density at radius 1 is 1.42 bits per heavy atom. The number of nitrogens with zero attached hydrogens (tertiary/aromatic N) is 2. The van der Waals surface area contributed by atoms with Crippen LogP contribution in [0.15, 0.2) is 22.7 Å². The SMILES string of the molecule is COCc1nc(-c2ccc(Br)c(Cl)c2)nc(N)c1I. The molecular weight excluding hydrogens is 444 g/mol. The lowest BCUT2D eigenvalue weighted by Crippen LogP contribution is -2.05. The van der Waals surface area contributed by atoms with Crippen LogP contribution in [0.1, 0.15) is 5.69 Å². The molecule has 1 aromatic carbocycles. The van der Waals surface area contributed by atoms with Crippen molar-refractivity contribution in [3.8, 4) is 11.4 Å². The van der Waals surface area contributed by atoms with Gasteiger partial charge >= 0.3 is 0 Å². The summed E-state index contributed by atoms with van der Waals surface area (Å²) < 4.78 is 6.75. The topological polar surface area (TPSA) is 61.0 Å². The summed E-state index contributed by atoms with van der Waals surface area (Å²) in [7, 11) is 1.62. The fraction of sp³-hybridized carbons (Fsp3) is 0.167. The van der Waals surface area contributed by atoms with Crippen LogP contribution in [0.3, 0.4) is 0 Å². The highest BCUT2D eigenvalue weighted by Crippen LogP contribution is 2.28. The number of anilines is 1. The number of nitrogen functional groups attached to an aromatic ring is 1. The van der Waals surface area contributed by atoms with Crippen molar-refractivity contribution in [2.45, 2.75) is 6.61 Å². The van der Waals surface area contributed by atoms with E-state index in [1.807, 2.05) is 12.1 Å². The lowest BCUT2D eigenvalue weighted by molar-refractivity contribution is 0.181. The summed E-state index contributed by atoms with van der Waals surface area (Å²) in [5, 5.41) is 0.603. The molecule has 100 valence electrons. The maximum atomic E-state index is 6.08. The molecule has 0 spiro atoms. The van der Waals surface area contributed by atoms with Gasteiger partial charge in [-0.05, 0) is 56.7 Å². The lowest BCUT2D eigenvalue weighted by atomic mass is 10.2. The highest BCUT2D eigenvalue weighted by atomic mass is 127.